The van der Waals surface area contributed by atoms with Gasteiger partial charge in [-0.25, -0.2) is 4.98 Å². The van der Waals surface area contributed by atoms with Gasteiger partial charge in [-0.15, -0.1) is 24.0 Å². The van der Waals surface area contributed by atoms with Gasteiger partial charge < -0.3 is 20.1 Å². The molecule has 0 saturated heterocycles. The largest absolute Gasteiger partial charge is 0.475 e. The Morgan fingerprint density at radius 1 is 1.26 bits per heavy atom. The molecule has 6 nitrogen and oxygen atoms in total. The fourth-order valence-corrected chi connectivity index (χ4v) is 1.89. The number of unbranched alkanes of at least 4 members (excludes halogenated alkanes) is 2. The molecule has 0 saturated carbocycles. The summed E-state index contributed by atoms with van der Waals surface area (Å²) in [5.41, 5.74) is 0.995. The summed E-state index contributed by atoms with van der Waals surface area (Å²) in [6, 6.07) is 3.89. The van der Waals surface area contributed by atoms with Crippen LogP contribution in [0.5, 0.6) is 5.88 Å². The monoisotopic (exact) mass is 436 g/mol. The van der Waals surface area contributed by atoms with Crippen LogP contribution in [0.4, 0.5) is 0 Å². The molecule has 1 rings (SSSR count). The first kappa shape index (κ1) is 21.9. The molecule has 2 N–H and O–H groups in total. The van der Waals surface area contributed by atoms with Crippen LogP contribution in [0, 0.1) is 0 Å². The quantitative estimate of drug-likeness (QED) is 0.256. The van der Waals surface area contributed by atoms with Crippen LogP contribution in [0.3, 0.4) is 0 Å². The molecule has 0 aromatic carbocycles. The lowest BCUT2D eigenvalue weighted by Crippen LogP contribution is -2.37. The Kier molecular flexibility index (Phi) is 13.8. The average molecular weight is 436 g/mol. The fourth-order valence-electron chi connectivity index (χ4n) is 1.89. The van der Waals surface area contributed by atoms with Crippen LogP contribution >= 0.6 is 24.0 Å². The summed E-state index contributed by atoms with van der Waals surface area (Å²) in [6.45, 7) is 4.77. The molecule has 1 heterocycles. The Morgan fingerprint density at radius 2 is 2.09 bits per heavy atom. The highest BCUT2D eigenvalue weighted by atomic mass is 127. The van der Waals surface area contributed by atoms with Gasteiger partial charge in [-0.05, 0) is 12.5 Å². The van der Waals surface area contributed by atoms with E-state index in [4.69, 9.17) is 9.47 Å². The standard InChI is InChI=1S/C16H28N4O2.HI/c1-4-5-6-9-19-16(17-2)20-13-14-8-7-10-18-15(14)22-12-11-21-3;/h7-8,10H,4-6,9,11-13H2,1-3H3,(H2,17,19,20);1H. The highest BCUT2D eigenvalue weighted by Crippen LogP contribution is 2.13. The molecule has 0 aliphatic carbocycles. The fraction of sp³-hybridized carbons (Fsp3) is 0.625. The van der Waals surface area contributed by atoms with Crippen molar-refractivity contribution in [1.29, 1.82) is 0 Å². The molecular formula is C16H29IN4O2. The minimum absolute atomic E-state index is 0. The third kappa shape index (κ3) is 9.60. The van der Waals surface area contributed by atoms with Crippen LogP contribution in [0.2, 0.25) is 0 Å². The lowest BCUT2D eigenvalue weighted by molar-refractivity contribution is 0.143. The number of aliphatic imine (C=N–C) groups is 1. The molecule has 0 unspecified atom stereocenters. The molecule has 0 atom stereocenters. The van der Waals surface area contributed by atoms with Crippen molar-refractivity contribution in [3.63, 3.8) is 0 Å². The van der Waals surface area contributed by atoms with Gasteiger partial charge in [0.15, 0.2) is 5.96 Å². The number of rotatable bonds is 10. The van der Waals surface area contributed by atoms with Gasteiger partial charge in [0, 0.05) is 39.0 Å². The van der Waals surface area contributed by atoms with Crippen molar-refractivity contribution in [2.75, 3.05) is 33.9 Å². The van der Waals surface area contributed by atoms with Gasteiger partial charge in [-0.1, -0.05) is 25.8 Å². The van der Waals surface area contributed by atoms with Crippen molar-refractivity contribution in [1.82, 2.24) is 15.6 Å². The number of hydrogen-bond acceptors (Lipinski definition) is 4. The van der Waals surface area contributed by atoms with Gasteiger partial charge in [-0.3, -0.25) is 4.99 Å². The van der Waals surface area contributed by atoms with Crippen LogP contribution in [-0.2, 0) is 11.3 Å². The van der Waals surface area contributed by atoms with Gasteiger partial charge >= 0.3 is 0 Å². The number of aromatic nitrogens is 1. The van der Waals surface area contributed by atoms with Crippen molar-refractivity contribution in [3.05, 3.63) is 23.9 Å². The lowest BCUT2D eigenvalue weighted by Gasteiger charge is -2.14. The summed E-state index contributed by atoms with van der Waals surface area (Å²) >= 11 is 0. The SMILES string of the molecule is CCCCCNC(=NC)NCc1cccnc1OCCOC.I. The first-order valence-corrected chi connectivity index (χ1v) is 7.82. The molecule has 7 heteroatoms. The summed E-state index contributed by atoms with van der Waals surface area (Å²) in [7, 11) is 3.42. The second-order valence-corrected chi connectivity index (χ2v) is 4.87. The van der Waals surface area contributed by atoms with Crippen LogP contribution in [-0.4, -0.2) is 44.9 Å². The second-order valence-electron chi connectivity index (χ2n) is 4.87. The van der Waals surface area contributed by atoms with Gasteiger partial charge in [0.25, 0.3) is 0 Å². The molecule has 132 valence electrons. The molecule has 0 aliphatic heterocycles. The van der Waals surface area contributed by atoms with Crippen molar-refractivity contribution < 1.29 is 9.47 Å². The Hall–Kier alpha value is -1.09. The Morgan fingerprint density at radius 3 is 2.78 bits per heavy atom. The molecule has 0 bridgehead atoms. The third-order valence-corrected chi connectivity index (χ3v) is 3.12. The summed E-state index contributed by atoms with van der Waals surface area (Å²) < 4.78 is 10.6. The van der Waals surface area contributed by atoms with Crippen molar-refractivity contribution in [2.45, 2.75) is 32.7 Å². The zero-order valence-corrected chi connectivity index (χ0v) is 16.6. The zero-order chi connectivity index (χ0) is 16.0. The van der Waals surface area contributed by atoms with E-state index in [0.717, 1.165) is 24.5 Å². The second kappa shape index (κ2) is 14.5. The van der Waals surface area contributed by atoms with E-state index in [1.165, 1.54) is 12.8 Å². The molecule has 0 spiro atoms. The van der Waals surface area contributed by atoms with E-state index < -0.39 is 0 Å². The lowest BCUT2D eigenvalue weighted by atomic mass is 10.2. The molecule has 1 aromatic heterocycles. The van der Waals surface area contributed by atoms with E-state index in [2.05, 4.69) is 27.5 Å². The maximum absolute atomic E-state index is 5.62. The number of pyridine rings is 1. The molecule has 0 aliphatic rings. The van der Waals surface area contributed by atoms with Crippen LogP contribution < -0.4 is 15.4 Å². The van der Waals surface area contributed by atoms with Crippen molar-refractivity contribution in [2.24, 2.45) is 4.99 Å². The number of hydrogen-bond donors (Lipinski definition) is 2. The summed E-state index contributed by atoms with van der Waals surface area (Å²) in [5.74, 6) is 1.43. The first-order valence-electron chi connectivity index (χ1n) is 7.82. The van der Waals surface area contributed by atoms with Gasteiger partial charge in [0.05, 0.1) is 6.61 Å². The van der Waals surface area contributed by atoms with Gasteiger partial charge in [-0.2, -0.15) is 0 Å². The molecule has 0 fully saturated rings. The van der Waals surface area contributed by atoms with Gasteiger partial charge in [0.1, 0.15) is 6.61 Å². The summed E-state index contributed by atoms with van der Waals surface area (Å²) in [5, 5.41) is 6.58. The number of guanidine groups is 1. The average Bonchev–Trinajstić information content (AvgIpc) is 2.55. The predicted molar refractivity (Wildman–Crippen MR) is 105 cm³/mol. The zero-order valence-electron chi connectivity index (χ0n) is 14.3. The molecular weight excluding hydrogens is 407 g/mol. The van der Waals surface area contributed by atoms with E-state index in [0.29, 0.717) is 25.6 Å². The highest BCUT2D eigenvalue weighted by Gasteiger charge is 2.05. The number of nitrogens with one attached hydrogen (secondary N) is 2. The normalized spacial score (nSPS) is 10.8. The summed E-state index contributed by atoms with van der Waals surface area (Å²) in [6.07, 6.45) is 5.31. The van der Waals surface area contributed by atoms with Crippen LogP contribution in [0.25, 0.3) is 0 Å². The first-order chi connectivity index (χ1) is 10.8. The maximum Gasteiger partial charge on any atom is 0.218 e. The number of halogens is 1. The molecule has 0 radical (unpaired) electrons. The maximum atomic E-state index is 5.62. The number of nitrogens with zero attached hydrogens (tertiary/aromatic N) is 2. The number of ether oxygens (including phenoxy) is 2. The van der Waals surface area contributed by atoms with E-state index in [1.54, 1.807) is 20.4 Å². The van der Waals surface area contributed by atoms with Crippen LogP contribution in [0.1, 0.15) is 31.7 Å². The van der Waals surface area contributed by atoms with E-state index in [-0.39, 0.29) is 24.0 Å². The van der Waals surface area contributed by atoms with E-state index in [9.17, 15) is 0 Å². The van der Waals surface area contributed by atoms with E-state index in [1.807, 2.05) is 12.1 Å². The van der Waals surface area contributed by atoms with E-state index >= 15 is 0 Å². The minimum Gasteiger partial charge on any atom is -0.475 e. The Bertz CT molecular complexity index is 444. The van der Waals surface area contributed by atoms with Gasteiger partial charge in [0.2, 0.25) is 5.88 Å². The van der Waals surface area contributed by atoms with Crippen molar-refractivity contribution in [3.8, 4) is 5.88 Å². The number of methoxy groups -OCH3 is 1. The molecule has 23 heavy (non-hydrogen) atoms. The smallest absolute Gasteiger partial charge is 0.218 e. The third-order valence-electron chi connectivity index (χ3n) is 3.12. The minimum atomic E-state index is 0. The van der Waals surface area contributed by atoms with Crippen molar-refractivity contribution >= 4 is 29.9 Å². The topological polar surface area (TPSA) is 67.8 Å². The highest BCUT2D eigenvalue weighted by molar-refractivity contribution is 14.0. The predicted octanol–water partition coefficient (Wildman–Crippen LogP) is 2.58. The molecule has 1 aromatic rings. The summed E-state index contributed by atoms with van der Waals surface area (Å²) in [4.78, 5) is 8.48. The Labute approximate surface area is 156 Å². The Balaban J connectivity index is 0.00000484. The molecule has 0 amide bonds. The van der Waals surface area contributed by atoms with Crippen LogP contribution in [0.15, 0.2) is 23.3 Å².